The highest BCUT2D eigenvalue weighted by Crippen LogP contribution is 2.23. The van der Waals surface area contributed by atoms with Gasteiger partial charge in [0.05, 0.1) is 6.54 Å². The summed E-state index contributed by atoms with van der Waals surface area (Å²) in [6, 6.07) is 11.1. The van der Waals surface area contributed by atoms with Crippen molar-refractivity contribution in [3.8, 4) is 11.3 Å². The molecule has 0 unspecified atom stereocenters. The van der Waals surface area contributed by atoms with Crippen LogP contribution in [-0.2, 0) is 11.3 Å². The van der Waals surface area contributed by atoms with E-state index in [1.165, 1.54) is 6.92 Å². The molecule has 1 aromatic carbocycles. The number of furan rings is 1. The Labute approximate surface area is 104 Å². The van der Waals surface area contributed by atoms with Crippen LogP contribution >= 0.6 is 11.6 Å². The molecule has 2 aromatic rings. The minimum Gasteiger partial charge on any atom is -0.459 e. The Morgan fingerprint density at radius 1 is 1.24 bits per heavy atom. The van der Waals surface area contributed by atoms with E-state index in [9.17, 15) is 4.79 Å². The van der Waals surface area contributed by atoms with Crippen LogP contribution in [0.25, 0.3) is 11.3 Å². The molecule has 1 aromatic heterocycles. The van der Waals surface area contributed by atoms with Crippen LogP contribution in [0.5, 0.6) is 0 Å². The fourth-order valence-corrected chi connectivity index (χ4v) is 1.58. The highest BCUT2D eigenvalue weighted by molar-refractivity contribution is 6.30. The van der Waals surface area contributed by atoms with Crippen molar-refractivity contribution in [1.82, 2.24) is 5.32 Å². The lowest BCUT2D eigenvalue weighted by Gasteiger charge is -1.99. The zero-order chi connectivity index (χ0) is 12.3. The van der Waals surface area contributed by atoms with Gasteiger partial charge in [0.1, 0.15) is 11.5 Å². The molecule has 0 aliphatic carbocycles. The Morgan fingerprint density at radius 2 is 1.94 bits per heavy atom. The second kappa shape index (κ2) is 5.06. The monoisotopic (exact) mass is 249 g/mol. The standard InChI is InChI=1S/C13H12ClNO2/c1-9(16)15-8-12-6-7-13(17-12)10-2-4-11(14)5-3-10/h2-7H,8H2,1H3,(H,15,16). The molecule has 0 aliphatic rings. The zero-order valence-corrected chi connectivity index (χ0v) is 10.1. The summed E-state index contributed by atoms with van der Waals surface area (Å²) < 4.78 is 5.60. The SMILES string of the molecule is CC(=O)NCc1ccc(-c2ccc(Cl)cc2)o1. The van der Waals surface area contributed by atoms with Gasteiger partial charge in [-0.2, -0.15) is 0 Å². The summed E-state index contributed by atoms with van der Waals surface area (Å²) in [4.78, 5) is 10.8. The minimum absolute atomic E-state index is 0.0746. The highest BCUT2D eigenvalue weighted by atomic mass is 35.5. The van der Waals surface area contributed by atoms with Crippen LogP contribution in [0.1, 0.15) is 12.7 Å². The summed E-state index contributed by atoms with van der Waals surface area (Å²) in [6.07, 6.45) is 0. The Morgan fingerprint density at radius 3 is 2.59 bits per heavy atom. The number of carbonyl (C=O) groups excluding carboxylic acids is 1. The topological polar surface area (TPSA) is 42.2 Å². The van der Waals surface area contributed by atoms with Gasteiger partial charge in [-0.15, -0.1) is 0 Å². The molecule has 0 saturated carbocycles. The lowest BCUT2D eigenvalue weighted by molar-refractivity contribution is -0.119. The van der Waals surface area contributed by atoms with Crippen molar-refractivity contribution < 1.29 is 9.21 Å². The third-order valence-electron chi connectivity index (χ3n) is 2.30. The van der Waals surface area contributed by atoms with Gasteiger partial charge in [-0.05, 0) is 36.4 Å². The first kappa shape index (κ1) is 11.7. The van der Waals surface area contributed by atoms with Crippen LogP contribution in [0.2, 0.25) is 5.02 Å². The quantitative estimate of drug-likeness (QED) is 0.907. The second-order valence-corrected chi connectivity index (χ2v) is 4.12. The summed E-state index contributed by atoms with van der Waals surface area (Å²) in [5.41, 5.74) is 0.962. The summed E-state index contributed by atoms with van der Waals surface area (Å²) in [5, 5.41) is 3.38. The molecular formula is C13H12ClNO2. The molecule has 0 aliphatic heterocycles. The molecule has 0 fully saturated rings. The Kier molecular flexibility index (Phi) is 3.49. The van der Waals surface area contributed by atoms with Crippen LogP contribution in [0, 0.1) is 0 Å². The van der Waals surface area contributed by atoms with E-state index in [1.54, 1.807) is 0 Å². The van der Waals surface area contributed by atoms with E-state index in [-0.39, 0.29) is 5.91 Å². The van der Waals surface area contributed by atoms with E-state index in [4.69, 9.17) is 16.0 Å². The molecule has 2 rings (SSSR count). The van der Waals surface area contributed by atoms with Crippen molar-refractivity contribution in [3.63, 3.8) is 0 Å². The normalized spacial score (nSPS) is 10.2. The van der Waals surface area contributed by atoms with Crippen molar-refractivity contribution in [2.75, 3.05) is 0 Å². The molecule has 0 spiro atoms. The maximum absolute atomic E-state index is 10.8. The number of carbonyl (C=O) groups is 1. The first-order valence-electron chi connectivity index (χ1n) is 5.24. The zero-order valence-electron chi connectivity index (χ0n) is 9.37. The van der Waals surface area contributed by atoms with Crippen molar-refractivity contribution in [2.24, 2.45) is 0 Å². The number of hydrogen-bond acceptors (Lipinski definition) is 2. The van der Waals surface area contributed by atoms with Gasteiger partial charge in [0.15, 0.2) is 0 Å². The predicted molar refractivity (Wildman–Crippen MR) is 66.7 cm³/mol. The molecular weight excluding hydrogens is 238 g/mol. The molecule has 4 heteroatoms. The van der Waals surface area contributed by atoms with E-state index in [0.29, 0.717) is 11.6 Å². The van der Waals surface area contributed by atoms with Gasteiger partial charge in [0.25, 0.3) is 0 Å². The van der Waals surface area contributed by atoms with Gasteiger partial charge < -0.3 is 9.73 Å². The highest BCUT2D eigenvalue weighted by Gasteiger charge is 2.04. The van der Waals surface area contributed by atoms with Gasteiger partial charge in [0.2, 0.25) is 5.91 Å². The molecule has 0 bridgehead atoms. The smallest absolute Gasteiger partial charge is 0.217 e. The second-order valence-electron chi connectivity index (χ2n) is 3.68. The van der Waals surface area contributed by atoms with Crippen LogP contribution in [0.15, 0.2) is 40.8 Å². The third kappa shape index (κ3) is 3.11. The van der Waals surface area contributed by atoms with Gasteiger partial charge in [-0.25, -0.2) is 0 Å². The number of nitrogens with one attached hydrogen (secondary N) is 1. The molecule has 1 N–H and O–H groups in total. The van der Waals surface area contributed by atoms with E-state index >= 15 is 0 Å². The molecule has 0 atom stereocenters. The van der Waals surface area contributed by atoms with Crippen molar-refractivity contribution in [3.05, 3.63) is 47.2 Å². The summed E-state index contributed by atoms with van der Waals surface area (Å²) in [6.45, 7) is 1.88. The summed E-state index contributed by atoms with van der Waals surface area (Å²) in [5.74, 6) is 1.42. The first-order chi connectivity index (χ1) is 8.15. The molecule has 88 valence electrons. The van der Waals surface area contributed by atoms with Gasteiger partial charge in [-0.1, -0.05) is 11.6 Å². The van der Waals surface area contributed by atoms with E-state index in [1.807, 2.05) is 36.4 Å². The number of hydrogen-bond donors (Lipinski definition) is 1. The molecule has 1 heterocycles. The van der Waals surface area contributed by atoms with Gasteiger partial charge in [0, 0.05) is 17.5 Å². The van der Waals surface area contributed by atoms with Crippen molar-refractivity contribution >= 4 is 17.5 Å². The average Bonchev–Trinajstić information content (AvgIpc) is 2.76. The van der Waals surface area contributed by atoms with Gasteiger partial charge in [-0.3, -0.25) is 4.79 Å². The Bertz CT molecular complexity index is 516. The van der Waals surface area contributed by atoms with Crippen LogP contribution in [-0.4, -0.2) is 5.91 Å². The third-order valence-corrected chi connectivity index (χ3v) is 2.55. The molecule has 17 heavy (non-hydrogen) atoms. The minimum atomic E-state index is -0.0746. The lowest BCUT2D eigenvalue weighted by atomic mass is 10.2. The van der Waals surface area contributed by atoms with E-state index in [2.05, 4.69) is 5.32 Å². The molecule has 3 nitrogen and oxygen atoms in total. The fourth-order valence-electron chi connectivity index (χ4n) is 1.45. The fraction of sp³-hybridized carbons (Fsp3) is 0.154. The van der Waals surface area contributed by atoms with Crippen LogP contribution < -0.4 is 5.32 Å². The van der Waals surface area contributed by atoms with E-state index in [0.717, 1.165) is 17.1 Å². The maximum Gasteiger partial charge on any atom is 0.217 e. The largest absolute Gasteiger partial charge is 0.459 e. The number of benzene rings is 1. The summed E-state index contributed by atoms with van der Waals surface area (Å²) in [7, 11) is 0. The number of amides is 1. The van der Waals surface area contributed by atoms with Crippen LogP contribution in [0.3, 0.4) is 0 Å². The predicted octanol–water partition coefficient (Wildman–Crippen LogP) is 3.24. The molecule has 1 amide bonds. The van der Waals surface area contributed by atoms with Crippen LogP contribution in [0.4, 0.5) is 0 Å². The lowest BCUT2D eigenvalue weighted by Crippen LogP contribution is -2.18. The van der Waals surface area contributed by atoms with Crippen molar-refractivity contribution in [1.29, 1.82) is 0 Å². The Balaban J connectivity index is 2.12. The first-order valence-corrected chi connectivity index (χ1v) is 5.62. The number of rotatable bonds is 3. The van der Waals surface area contributed by atoms with E-state index < -0.39 is 0 Å². The Hall–Kier alpha value is -1.74. The summed E-state index contributed by atoms with van der Waals surface area (Å²) >= 11 is 5.81. The molecule has 0 radical (unpaired) electrons. The van der Waals surface area contributed by atoms with Gasteiger partial charge >= 0.3 is 0 Å². The maximum atomic E-state index is 10.8. The van der Waals surface area contributed by atoms with Crippen molar-refractivity contribution in [2.45, 2.75) is 13.5 Å². The molecule has 0 saturated heterocycles. The number of halogens is 1. The average molecular weight is 250 g/mol.